The van der Waals surface area contributed by atoms with Gasteiger partial charge in [-0.1, -0.05) is 12.1 Å². The van der Waals surface area contributed by atoms with Crippen molar-refractivity contribution in [2.75, 3.05) is 0 Å². The Bertz CT molecular complexity index is 1070. The molecule has 6 heteroatoms. The molecule has 0 aliphatic heterocycles. The standard InChI is InChI=1S/C20H16N4O2/c1-13-4-2-6-17(23-13)20-24-16-8-7-15(10-18(16)26-20)19(25)22-12-14-5-3-9-21-11-14/h2-11H,12H2,1H3,(H,22,25). The molecule has 0 spiro atoms. The lowest BCUT2D eigenvalue weighted by Gasteiger charge is -2.04. The van der Waals surface area contributed by atoms with Crippen molar-refractivity contribution in [3.05, 3.63) is 77.7 Å². The number of hydrogen-bond donors (Lipinski definition) is 1. The van der Waals surface area contributed by atoms with Gasteiger partial charge in [0.05, 0.1) is 0 Å². The summed E-state index contributed by atoms with van der Waals surface area (Å²) < 4.78 is 5.80. The Morgan fingerprint density at radius 2 is 2.04 bits per heavy atom. The third-order valence-electron chi connectivity index (χ3n) is 3.93. The topological polar surface area (TPSA) is 80.9 Å². The number of hydrogen-bond acceptors (Lipinski definition) is 5. The molecule has 0 aliphatic rings. The van der Waals surface area contributed by atoms with Crippen molar-refractivity contribution in [3.8, 4) is 11.6 Å². The summed E-state index contributed by atoms with van der Waals surface area (Å²) in [5, 5.41) is 2.87. The Balaban J connectivity index is 1.56. The first-order valence-corrected chi connectivity index (χ1v) is 8.21. The Morgan fingerprint density at radius 1 is 1.12 bits per heavy atom. The maximum absolute atomic E-state index is 12.4. The third kappa shape index (κ3) is 3.30. The maximum atomic E-state index is 12.4. The molecule has 0 bridgehead atoms. The molecule has 1 aromatic carbocycles. The normalized spacial score (nSPS) is 10.8. The number of amides is 1. The molecule has 3 aromatic heterocycles. The molecular weight excluding hydrogens is 328 g/mol. The van der Waals surface area contributed by atoms with Crippen LogP contribution in [0.5, 0.6) is 0 Å². The SMILES string of the molecule is Cc1cccc(-c2nc3ccc(C(=O)NCc4cccnc4)cc3o2)n1. The predicted molar refractivity (Wildman–Crippen MR) is 97.4 cm³/mol. The molecule has 26 heavy (non-hydrogen) atoms. The zero-order valence-corrected chi connectivity index (χ0v) is 14.1. The number of nitrogens with one attached hydrogen (secondary N) is 1. The van der Waals surface area contributed by atoms with Crippen molar-refractivity contribution in [2.24, 2.45) is 0 Å². The van der Waals surface area contributed by atoms with E-state index in [4.69, 9.17) is 4.42 Å². The number of aryl methyl sites for hydroxylation is 1. The van der Waals surface area contributed by atoms with E-state index < -0.39 is 0 Å². The number of carbonyl (C=O) groups is 1. The first-order chi connectivity index (χ1) is 12.7. The molecule has 0 aliphatic carbocycles. The van der Waals surface area contributed by atoms with Crippen molar-refractivity contribution in [3.63, 3.8) is 0 Å². The fraction of sp³-hybridized carbons (Fsp3) is 0.100. The van der Waals surface area contributed by atoms with Gasteiger partial charge < -0.3 is 9.73 Å². The molecule has 0 atom stereocenters. The molecule has 0 saturated carbocycles. The monoisotopic (exact) mass is 344 g/mol. The van der Waals surface area contributed by atoms with E-state index >= 15 is 0 Å². The molecule has 0 fully saturated rings. The van der Waals surface area contributed by atoms with Gasteiger partial charge in [0.1, 0.15) is 11.2 Å². The Morgan fingerprint density at radius 3 is 2.85 bits per heavy atom. The lowest BCUT2D eigenvalue weighted by Crippen LogP contribution is -2.22. The van der Waals surface area contributed by atoms with Gasteiger partial charge in [0.2, 0.25) is 5.89 Å². The van der Waals surface area contributed by atoms with E-state index in [0.29, 0.717) is 34.8 Å². The van der Waals surface area contributed by atoms with Gasteiger partial charge in [0.15, 0.2) is 5.58 Å². The number of benzene rings is 1. The van der Waals surface area contributed by atoms with Crippen LogP contribution >= 0.6 is 0 Å². The highest BCUT2D eigenvalue weighted by Crippen LogP contribution is 2.24. The van der Waals surface area contributed by atoms with E-state index in [0.717, 1.165) is 11.3 Å². The van der Waals surface area contributed by atoms with Gasteiger partial charge in [-0.3, -0.25) is 9.78 Å². The highest BCUT2D eigenvalue weighted by molar-refractivity contribution is 5.97. The molecule has 6 nitrogen and oxygen atoms in total. The van der Waals surface area contributed by atoms with Crippen LogP contribution in [0.3, 0.4) is 0 Å². The summed E-state index contributed by atoms with van der Waals surface area (Å²) in [6, 6.07) is 14.6. The van der Waals surface area contributed by atoms with Crippen LogP contribution < -0.4 is 5.32 Å². The number of nitrogens with zero attached hydrogens (tertiary/aromatic N) is 3. The first kappa shape index (κ1) is 16.0. The average molecular weight is 344 g/mol. The van der Waals surface area contributed by atoms with Gasteiger partial charge in [-0.15, -0.1) is 0 Å². The van der Waals surface area contributed by atoms with Crippen molar-refractivity contribution in [2.45, 2.75) is 13.5 Å². The summed E-state index contributed by atoms with van der Waals surface area (Å²) in [5.41, 5.74) is 4.25. The summed E-state index contributed by atoms with van der Waals surface area (Å²) in [5.74, 6) is 0.263. The number of pyridine rings is 2. The van der Waals surface area contributed by atoms with Gasteiger partial charge in [-0.05, 0) is 48.9 Å². The summed E-state index contributed by atoms with van der Waals surface area (Å²) >= 11 is 0. The fourth-order valence-corrected chi connectivity index (χ4v) is 2.62. The van der Waals surface area contributed by atoms with Gasteiger partial charge in [-0.25, -0.2) is 9.97 Å². The average Bonchev–Trinajstić information content (AvgIpc) is 3.10. The van der Waals surface area contributed by atoms with Crippen LogP contribution in [0.4, 0.5) is 0 Å². The van der Waals surface area contributed by atoms with Crippen molar-refractivity contribution in [1.29, 1.82) is 0 Å². The fourth-order valence-electron chi connectivity index (χ4n) is 2.62. The van der Waals surface area contributed by atoms with Crippen molar-refractivity contribution in [1.82, 2.24) is 20.3 Å². The molecular formula is C20H16N4O2. The van der Waals surface area contributed by atoms with Crippen LogP contribution in [-0.2, 0) is 6.54 Å². The number of rotatable bonds is 4. The van der Waals surface area contributed by atoms with Crippen LogP contribution in [0.2, 0.25) is 0 Å². The third-order valence-corrected chi connectivity index (χ3v) is 3.93. The summed E-state index contributed by atoms with van der Waals surface area (Å²) in [6.45, 7) is 2.33. The van der Waals surface area contributed by atoms with Gasteiger partial charge >= 0.3 is 0 Å². The van der Waals surface area contributed by atoms with Crippen molar-refractivity contribution < 1.29 is 9.21 Å². The maximum Gasteiger partial charge on any atom is 0.251 e. The Hall–Kier alpha value is -3.54. The molecule has 1 N–H and O–H groups in total. The Kier molecular flexibility index (Phi) is 4.15. The van der Waals surface area contributed by atoms with E-state index in [1.807, 2.05) is 37.3 Å². The predicted octanol–water partition coefficient (Wildman–Crippen LogP) is 3.52. The second-order valence-corrected chi connectivity index (χ2v) is 5.91. The minimum atomic E-state index is -0.178. The van der Waals surface area contributed by atoms with Crippen LogP contribution in [0.25, 0.3) is 22.7 Å². The minimum absolute atomic E-state index is 0.178. The Labute approximate surface area is 149 Å². The number of oxazole rings is 1. The molecule has 0 unspecified atom stereocenters. The van der Waals surface area contributed by atoms with Gasteiger partial charge in [-0.2, -0.15) is 0 Å². The van der Waals surface area contributed by atoms with Crippen LogP contribution in [0.15, 0.2) is 65.3 Å². The quantitative estimate of drug-likeness (QED) is 0.612. The molecule has 4 rings (SSSR count). The molecule has 1 amide bonds. The smallest absolute Gasteiger partial charge is 0.251 e. The summed E-state index contributed by atoms with van der Waals surface area (Å²) in [6.07, 6.45) is 3.42. The molecule has 0 radical (unpaired) electrons. The van der Waals surface area contributed by atoms with E-state index in [1.54, 1.807) is 30.6 Å². The van der Waals surface area contributed by atoms with Crippen LogP contribution in [0, 0.1) is 6.92 Å². The first-order valence-electron chi connectivity index (χ1n) is 8.21. The van der Waals surface area contributed by atoms with Gasteiger partial charge in [0, 0.05) is 30.2 Å². The zero-order chi connectivity index (χ0) is 17.9. The number of fused-ring (bicyclic) bond motifs is 1. The van der Waals surface area contributed by atoms with E-state index in [-0.39, 0.29) is 5.91 Å². The zero-order valence-electron chi connectivity index (χ0n) is 14.1. The number of aromatic nitrogens is 3. The highest BCUT2D eigenvalue weighted by Gasteiger charge is 2.12. The summed E-state index contributed by atoms with van der Waals surface area (Å²) in [4.78, 5) is 25.3. The molecule has 4 aromatic rings. The highest BCUT2D eigenvalue weighted by atomic mass is 16.3. The van der Waals surface area contributed by atoms with E-state index in [9.17, 15) is 4.79 Å². The van der Waals surface area contributed by atoms with E-state index in [1.165, 1.54) is 0 Å². The lowest BCUT2D eigenvalue weighted by atomic mass is 10.2. The number of carbonyl (C=O) groups excluding carboxylic acids is 1. The lowest BCUT2D eigenvalue weighted by molar-refractivity contribution is 0.0951. The van der Waals surface area contributed by atoms with Crippen LogP contribution in [-0.4, -0.2) is 20.9 Å². The minimum Gasteiger partial charge on any atom is -0.435 e. The molecule has 0 saturated heterocycles. The molecule has 3 heterocycles. The molecule has 128 valence electrons. The van der Waals surface area contributed by atoms with Crippen LogP contribution in [0.1, 0.15) is 21.6 Å². The van der Waals surface area contributed by atoms with E-state index in [2.05, 4.69) is 20.3 Å². The summed E-state index contributed by atoms with van der Waals surface area (Å²) in [7, 11) is 0. The van der Waals surface area contributed by atoms with Gasteiger partial charge in [0.25, 0.3) is 5.91 Å². The largest absolute Gasteiger partial charge is 0.435 e. The second kappa shape index (κ2) is 6.76. The van der Waals surface area contributed by atoms with Crippen molar-refractivity contribution >= 4 is 17.0 Å². The second-order valence-electron chi connectivity index (χ2n) is 5.91.